The first-order valence-corrected chi connectivity index (χ1v) is 8.65. The lowest BCUT2D eigenvalue weighted by Crippen LogP contribution is -2.46. The number of piperazine rings is 1. The highest BCUT2D eigenvalue weighted by Crippen LogP contribution is 2.19. The van der Waals surface area contributed by atoms with Crippen LogP contribution < -0.4 is 9.64 Å². The number of rotatable bonds is 4. The summed E-state index contributed by atoms with van der Waals surface area (Å²) in [7, 11) is 1.62. The molecule has 3 aromatic rings. The van der Waals surface area contributed by atoms with E-state index in [1.54, 1.807) is 7.11 Å². The van der Waals surface area contributed by atoms with E-state index >= 15 is 0 Å². The van der Waals surface area contributed by atoms with E-state index in [1.807, 2.05) is 12.1 Å². The molecule has 130 valence electrons. The van der Waals surface area contributed by atoms with E-state index in [1.165, 1.54) is 11.3 Å². The van der Waals surface area contributed by atoms with Gasteiger partial charge in [-0.25, -0.2) is 4.98 Å². The molecule has 1 aromatic carbocycles. The number of anilines is 1. The van der Waals surface area contributed by atoms with Gasteiger partial charge in [0.15, 0.2) is 5.65 Å². The highest BCUT2D eigenvalue weighted by Gasteiger charge is 2.18. The van der Waals surface area contributed by atoms with Crippen molar-refractivity contribution < 1.29 is 4.74 Å². The fourth-order valence-corrected chi connectivity index (χ4v) is 3.25. The van der Waals surface area contributed by atoms with Crippen LogP contribution in [-0.2, 0) is 6.54 Å². The zero-order valence-electron chi connectivity index (χ0n) is 14.7. The minimum absolute atomic E-state index is 0.595. The second kappa shape index (κ2) is 6.72. The third-order valence-corrected chi connectivity index (χ3v) is 4.72. The first-order valence-electron chi connectivity index (χ1n) is 8.65. The van der Waals surface area contributed by atoms with Gasteiger partial charge in [-0.1, -0.05) is 17.7 Å². The molecule has 4 rings (SSSR count). The summed E-state index contributed by atoms with van der Waals surface area (Å²) in [5, 5.41) is 0. The molecule has 0 spiro atoms. The number of methoxy groups -OCH3 is 1. The second-order valence-corrected chi connectivity index (χ2v) is 6.51. The number of hydrogen-bond acceptors (Lipinski definition) is 5. The minimum Gasteiger partial charge on any atom is -0.481 e. The van der Waals surface area contributed by atoms with Crippen LogP contribution in [0.25, 0.3) is 11.2 Å². The molecule has 1 aliphatic heterocycles. The normalized spacial score (nSPS) is 15.7. The Hall–Kier alpha value is -2.60. The molecule has 0 unspecified atom stereocenters. The van der Waals surface area contributed by atoms with E-state index in [-0.39, 0.29) is 0 Å². The molecule has 0 aliphatic carbocycles. The van der Waals surface area contributed by atoms with Crippen molar-refractivity contribution in [2.75, 3.05) is 38.2 Å². The number of imidazole rings is 1. The summed E-state index contributed by atoms with van der Waals surface area (Å²) in [5.41, 5.74) is 4.28. The number of hydrogen-bond donors (Lipinski definition) is 1. The van der Waals surface area contributed by atoms with Crippen LogP contribution in [-0.4, -0.2) is 53.1 Å². The molecule has 1 fully saturated rings. The van der Waals surface area contributed by atoms with Gasteiger partial charge in [0.25, 0.3) is 0 Å². The average Bonchev–Trinajstić information content (AvgIpc) is 3.04. The topological polar surface area (TPSA) is 57.3 Å². The highest BCUT2D eigenvalue weighted by atomic mass is 16.5. The number of nitrogens with one attached hydrogen (secondary N) is 1. The minimum atomic E-state index is 0.595. The predicted molar refractivity (Wildman–Crippen MR) is 99.1 cm³/mol. The van der Waals surface area contributed by atoms with E-state index in [2.05, 4.69) is 55.9 Å². The maximum absolute atomic E-state index is 5.16. The SMILES string of the molecule is COc1ccc2[nH]c(CN3CCN(c4ccc(C)cc4)CC3)nc2n1. The van der Waals surface area contributed by atoms with Crippen molar-refractivity contribution in [2.24, 2.45) is 0 Å². The molecule has 25 heavy (non-hydrogen) atoms. The smallest absolute Gasteiger partial charge is 0.215 e. The molecule has 1 N–H and O–H groups in total. The number of nitrogens with zero attached hydrogens (tertiary/aromatic N) is 4. The number of benzene rings is 1. The number of fused-ring (bicyclic) bond motifs is 1. The Morgan fingerprint density at radius 3 is 2.48 bits per heavy atom. The molecular weight excluding hydrogens is 314 g/mol. The molecule has 2 aromatic heterocycles. The van der Waals surface area contributed by atoms with Gasteiger partial charge in [0, 0.05) is 37.9 Å². The van der Waals surface area contributed by atoms with Crippen LogP contribution in [0.1, 0.15) is 11.4 Å². The lowest BCUT2D eigenvalue weighted by molar-refractivity contribution is 0.245. The van der Waals surface area contributed by atoms with E-state index < -0.39 is 0 Å². The van der Waals surface area contributed by atoms with Gasteiger partial charge >= 0.3 is 0 Å². The maximum Gasteiger partial charge on any atom is 0.215 e. The van der Waals surface area contributed by atoms with Gasteiger partial charge in [0.1, 0.15) is 5.82 Å². The number of pyridine rings is 1. The first kappa shape index (κ1) is 15.9. The number of H-pyrrole nitrogens is 1. The van der Waals surface area contributed by atoms with Crippen molar-refractivity contribution in [2.45, 2.75) is 13.5 Å². The van der Waals surface area contributed by atoms with E-state index in [9.17, 15) is 0 Å². The monoisotopic (exact) mass is 337 g/mol. The second-order valence-electron chi connectivity index (χ2n) is 6.51. The van der Waals surface area contributed by atoms with Gasteiger partial charge in [0.05, 0.1) is 19.2 Å². The Balaban J connectivity index is 1.39. The fraction of sp³-hybridized carbons (Fsp3) is 0.368. The van der Waals surface area contributed by atoms with Gasteiger partial charge in [-0.05, 0) is 25.1 Å². The molecule has 0 amide bonds. The van der Waals surface area contributed by atoms with Crippen molar-refractivity contribution in [3.63, 3.8) is 0 Å². The standard InChI is InChI=1S/C19H23N5O/c1-14-3-5-15(6-4-14)24-11-9-23(10-12-24)13-17-20-16-7-8-18(25-2)22-19(16)21-17/h3-8H,9-13H2,1-2H3,(H,20,21,22). The Bertz CT molecular complexity index is 850. The quantitative estimate of drug-likeness (QED) is 0.793. The summed E-state index contributed by atoms with van der Waals surface area (Å²) in [4.78, 5) is 17.2. The van der Waals surface area contributed by atoms with Gasteiger partial charge in [-0.3, -0.25) is 4.90 Å². The number of ether oxygens (including phenoxy) is 1. The third kappa shape index (κ3) is 3.44. The lowest BCUT2D eigenvalue weighted by atomic mass is 10.2. The van der Waals surface area contributed by atoms with Gasteiger partial charge < -0.3 is 14.6 Å². The molecule has 0 saturated carbocycles. The molecule has 3 heterocycles. The van der Waals surface area contributed by atoms with Crippen LogP contribution >= 0.6 is 0 Å². The summed E-state index contributed by atoms with van der Waals surface area (Å²) in [6.07, 6.45) is 0. The zero-order valence-corrected chi connectivity index (χ0v) is 14.7. The van der Waals surface area contributed by atoms with Gasteiger partial charge in [-0.2, -0.15) is 4.98 Å². The molecule has 1 aliphatic rings. The fourth-order valence-electron chi connectivity index (χ4n) is 3.25. The van der Waals surface area contributed by atoms with Crippen LogP contribution in [0.15, 0.2) is 36.4 Å². The summed E-state index contributed by atoms with van der Waals surface area (Å²) in [5.74, 6) is 1.55. The Labute approximate surface area is 147 Å². The van der Waals surface area contributed by atoms with Crippen LogP contribution in [0, 0.1) is 6.92 Å². The third-order valence-electron chi connectivity index (χ3n) is 4.72. The van der Waals surface area contributed by atoms with Crippen molar-refractivity contribution in [3.05, 3.63) is 47.8 Å². The van der Waals surface area contributed by atoms with Crippen LogP contribution in [0.5, 0.6) is 5.88 Å². The Morgan fingerprint density at radius 1 is 1.00 bits per heavy atom. The number of aryl methyl sites for hydroxylation is 1. The van der Waals surface area contributed by atoms with Crippen LogP contribution in [0.2, 0.25) is 0 Å². The van der Waals surface area contributed by atoms with Crippen LogP contribution in [0.4, 0.5) is 5.69 Å². The number of aromatic amines is 1. The average molecular weight is 337 g/mol. The molecule has 6 heteroatoms. The van der Waals surface area contributed by atoms with Crippen molar-refractivity contribution in [1.29, 1.82) is 0 Å². The lowest BCUT2D eigenvalue weighted by Gasteiger charge is -2.35. The summed E-state index contributed by atoms with van der Waals surface area (Å²) in [6.45, 7) is 7.08. The van der Waals surface area contributed by atoms with E-state index in [0.29, 0.717) is 11.5 Å². The molecule has 6 nitrogen and oxygen atoms in total. The zero-order chi connectivity index (χ0) is 17.2. The highest BCUT2D eigenvalue weighted by molar-refractivity contribution is 5.71. The molecular formula is C19H23N5O. The first-order chi connectivity index (χ1) is 12.2. The summed E-state index contributed by atoms with van der Waals surface area (Å²) in [6, 6.07) is 12.6. The molecule has 0 radical (unpaired) electrons. The number of aromatic nitrogens is 3. The van der Waals surface area contributed by atoms with E-state index in [4.69, 9.17) is 4.74 Å². The summed E-state index contributed by atoms with van der Waals surface area (Å²) >= 11 is 0. The van der Waals surface area contributed by atoms with Crippen LogP contribution in [0.3, 0.4) is 0 Å². The van der Waals surface area contributed by atoms with Crippen molar-refractivity contribution in [3.8, 4) is 5.88 Å². The molecule has 1 saturated heterocycles. The van der Waals surface area contributed by atoms with Gasteiger partial charge in [0.2, 0.25) is 5.88 Å². The largest absolute Gasteiger partial charge is 0.481 e. The Kier molecular flexibility index (Phi) is 4.28. The predicted octanol–water partition coefficient (Wildman–Crippen LogP) is 2.60. The Morgan fingerprint density at radius 2 is 1.76 bits per heavy atom. The van der Waals surface area contributed by atoms with E-state index in [0.717, 1.165) is 44.1 Å². The molecule has 0 bridgehead atoms. The molecule has 0 atom stereocenters. The van der Waals surface area contributed by atoms with Crippen molar-refractivity contribution >= 4 is 16.9 Å². The maximum atomic E-state index is 5.16. The van der Waals surface area contributed by atoms with Crippen molar-refractivity contribution in [1.82, 2.24) is 19.9 Å². The van der Waals surface area contributed by atoms with Gasteiger partial charge in [-0.15, -0.1) is 0 Å². The summed E-state index contributed by atoms with van der Waals surface area (Å²) < 4.78 is 5.16.